The first-order valence-corrected chi connectivity index (χ1v) is 7.09. The Morgan fingerprint density at radius 1 is 1.41 bits per heavy atom. The molecule has 7 heteroatoms. The standard InChI is InChI=1S/C15H20ClN3O3/c1-15(2,3)12(17)8-14(20)22-13(9-18-21)19-11-6-4-10(16)5-7-11/h4-8,13,19H,9,17H2,1-3H3. The first-order chi connectivity index (χ1) is 10.2. The molecule has 0 heterocycles. The van der Waals surface area contributed by atoms with E-state index >= 15 is 0 Å². The highest BCUT2D eigenvalue weighted by Gasteiger charge is 2.18. The lowest BCUT2D eigenvalue weighted by molar-refractivity contribution is -0.141. The van der Waals surface area contributed by atoms with Crippen molar-refractivity contribution in [2.75, 3.05) is 11.9 Å². The fourth-order valence-corrected chi connectivity index (χ4v) is 1.56. The number of carbonyl (C=O) groups is 1. The van der Waals surface area contributed by atoms with Crippen LogP contribution in [0, 0.1) is 10.3 Å². The Hall–Kier alpha value is -2.08. The zero-order valence-corrected chi connectivity index (χ0v) is 13.6. The quantitative estimate of drug-likeness (QED) is 0.362. The van der Waals surface area contributed by atoms with Gasteiger partial charge in [0.05, 0.1) is 0 Å². The van der Waals surface area contributed by atoms with Gasteiger partial charge in [-0.1, -0.05) is 37.5 Å². The van der Waals surface area contributed by atoms with E-state index in [0.29, 0.717) is 16.4 Å². The van der Waals surface area contributed by atoms with Crippen LogP contribution in [0.5, 0.6) is 0 Å². The van der Waals surface area contributed by atoms with Gasteiger partial charge in [0, 0.05) is 27.9 Å². The SMILES string of the molecule is CC(C)(C)C(N)=CC(=O)OC(CN=O)Nc1ccc(Cl)cc1. The van der Waals surface area contributed by atoms with Gasteiger partial charge in [-0.3, -0.25) is 0 Å². The van der Waals surface area contributed by atoms with Gasteiger partial charge in [-0.2, -0.15) is 4.91 Å². The minimum absolute atomic E-state index is 0.225. The molecule has 0 saturated heterocycles. The number of nitrogens with zero attached hydrogens (tertiary/aromatic N) is 1. The number of anilines is 1. The molecule has 0 aliphatic rings. The zero-order chi connectivity index (χ0) is 16.8. The van der Waals surface area contributed by atoms with E-state index in [1.807, 2.05) is 20.8 Å². The van der Waals surface area contributed by atoms with Gasteiger partial charge in [-0.05, 0) is 24.3 Å². The fourth-order valence-electron chi connectivity index (χ4n) is 1.43. The van der Waals surface area contributed by atoms with Crippen LogP contribution in [0.1, 0.15) is 20.8 Å². The lowest BCUT2D eigenvalue weighted by Crippen LogP contribution is -2.29. The molecule has 1 aromatic carbocycles. The minimum atomic E-state index is -0.879. The van der Waals surface area contributed by atoms with Crippen LogP contribution in [0.25, 0.3) is 0 Å². The molecular weight excluding hydrogens is 306 g/mol. The second-order valence-electron chi connectivity index (χ2n) is 5.74. The molecule has 1 aromatic rings. The molecule has 0 spiro atoms. The van der Waals surface area contributed by atoms with Gasteiger partial charge in [-0.15, -0.1) is 0 Å². The van der Waals surface area contributed by atoms with E-state index < -0.39 is 12.2 Å². The van der Waals surface area contributed by atoms with Crippen molar-refractivity contribution in [2.24, 2.45) is 16.3 Å². The third kappa shape index (κ3) is 6.13. The van der Waals surface area contributed by atoms with E-state index in [1.54, 1.807) is 24.3 Å². The maximum absolute atomic E-state index is 11.8. The number of esters is 1. The van der Waals surface area contributed by atoms with Gasteiger partial charge in [0.1, 0.15) is 6.54 Å². The first kappa shape index (κ1) is 18.0. The molecule has 0 fully saturated rings. The van der Waals surface area contributed by atoms with Crippen molar-refractivity contribution in [3.05, 3.63) is 46.0 Å². The molecule has 6 nitrogen and oxygen atoms in total. The van der Waals surface area contributed by atoms with Crippen LogP contribution in [0.3, 0.4) is 0 Å². The van der Waals surface area contributed by atoms with E-state index in [2.05, 4.69) is 10.5 Å². The van der Waals surface area contributed by atoms with Crippen molar-refractivity contribution in [3.63, 3.8) is 0 Å². The lowest BCUT2D eigenvalue weighted by Gasteiger charge is -2.20. The molecule has 0 aromatic heterocycles. The Balaban J connectivity index is 2.73. The molecule has 1 unspecified atom stereocenters. The lowest BCUT2D eigenvalue weighted by atomic mass is 9.92. The van der Waals surface area contributed by atoms with Gasteiger partial charge >= 0.3 is 5.97 Å². The summed E-state index contributed by atoms with van der Waals surface area (Å²) in [5.41, 5.74) is 6.51. The molecule has 3 N–H and O–H groups in total. The number of nitrogens with two attached hydrogens (primary N) is 1. The Bertz CT molecular complexity index is 550. The summed E-state index contributed by atoms with van der Waals surface area (Å²) in [4.78, 5) is 22.3. The van der Waals surface area contributed by atoms with E-state index in [4.69, 9.17) is 22.1 Å². The van der Waals surface area contributed by atoms with Crippen molar-refractivity contribution < 1.29 is 9.53 Å². The highest BCUT2D eigenvalue weighted by atomic mass is 35.5. The number of halogens is 1. The summed E-state index contributed by atoms with van der Waals surface area (Å²) in [6.45, 7) is 5.41. The Morgan fingerprint density at radius 3 is 2.50 bits per heavy atom. The molecule has 0 saturated carbocycles. The van der Waals surface area contributed by atoms with Crippen LogP contribution < -0.4 is 11.1 Å². The molecular formula is C15H20ClN3O3. The Labute approximate surface area is 134 Å². The maximum atomic E-state index is 11.8. The summed E-state index contributed by atoms with van der Waals surface area (Å²) >= 11 is 5.79. The molecule has 0 aliphatic heterocycles. The number of benzene rings is 1. The number of nitroso groups, excluding NO2 is 1. The van der Waals surface area contributed by atoms with Crippen LogP contribution in [-0.4, -0.2) is 18.7 Å². The van der Waals surface area contributed by atoms with Gasteiger partial charge in [0.2, 0.25) is 0 Å². The van der Waals surface area contributed by atoms with Crippen LogP contribution in [-0.2, 0) is 9.53 Å². The molecule has 1 rings (SSSR count). The molecule has 0 bridgehead atoms. The average molecular weight is 326 g/mol. The van der Waals surface area contributed by atoms with E-state index in [9.17, 15) is 9.70 Å². The minimum Gasteiger partial charge on any atom is -0.436 e. The summed E-state index contributed by atoms with van der Waals surface area (Å²) < 4.78 is 5.16. The largest absolute Gasteiger partial charge is 0.436 e. The molecule has 0 aliphatic carbocycles. The summed E-state index contributed by atoms with van der Waals surface area (Å²) in [5, 5.41) is 6.22. The summed E-state index contributed by atoms with van der Waals surface area (Å²) in [6.07, 6.45) is 0.330. The van der Waals surface area contributed by atoms with Crippen molar-refractivity contribution in [1.29, 1.82) is 0 Å². The second-order valence-corrected chi connectivity index (χ2v) is 6.17. The first-order valence-electron chi connectivity index (χ1n) is 6.72. The maximum Gasteiger partial charge on any atom is 0.334 e. The number of carbonyl (C=O) groups excluding carboxylic acids is 1. The van der Waals surface area contributed by atoms with E-state index in [0.717, 1.165) is 0 Å². The topological polar surface area (TPSA) is 93.8 Å². The van der Waals surface area contributed by atoms with E-state index in [1.165, 1.54) is 6.08 Å². The van der Waals surface area contributed by atoms with Crippen LogP contribution in [0.4, 0.5) is 5.69 Å². The number of hydrogen-bond donors (Lipinski definition) is 2. The zero-order valence-electron chi connectivity index (χ0n) is 12.8. The van der Waals surface area contributed by atoms with Crippen molar-refractivity contribution in [2.45, 2.75) is 27.0 Å². The fraction of sp³-hybridized carbons (Fsp3) is 0.400. The average Bonchev–Trinajstić information content (AvgIpc) is 2.40. The van der Waals surface area contributed by atoms with Gasteiger partial charge < -0.3 is 15.8 Å². The third-order valence-corrected chi connectivity index (χ3v) is 3.06. The molecule has 0 radical (unpaired) electrons. The summed E-state index contributed by atoms with van der Waals surface area (Å²) in [7, 11) is 0. The predicted molar refractivity (Wildman–Crippen MR) is 87.3 cm³/mol. The molecule has 120 valence electrons. The van der Waals surface area contributed by atoms with Gasteiger partial charge in [0.15, 0.2) is 6.23 Å². The van der Waals surface area contributed by atoms with Crippen molar-refractivity contribution >= 4 is 23.3 Å². The van der Waals surface area contributed by atoms with Crippen LogP contribution >= 0.6 is 11.6 Å². The Kier molecular flexibility index (Phi) is 6.37. The van der Waals surface area contributed by atoms with Crippen LogP contribution in [0.2, 0.25) is 5.02 Å². The molecule has 0 amide bonds. The highest BCUT2D eigenvalue weighted by Crippen LogP contribution is 2.20. The number of ether oxygens (including phenoxy) is 1. The predicted octanol–water partition coefficient (Wildman–Crippen LogP) is 3.28. The number of rotatable bonds is 6. The van der Waals surface area contributed by atoms with Crippen LogP contribution in [0.15, 0.2) is 41.2 Å². The second kappa shape index (κ2) is 7.79. The highest BCUT2D eigenvalue weighted by molar-refractivity contribution is 6.30. The Morgan fingerprint density at radius 2 is 2.00 bits per heavy atom. The van der Waals surface area contributed by atoms with Crippen molar-refractivity contribution in [1.82, 2.24) is 0 Å². The molecule has 1 atom stereocenters. The van der Waals surface area contributed by atoms with Crippen molar-refractivity contribution in [3.8, 4) is 0 Å². The monoisotopic (exact) mass is 325 g/mol. The summed E-state index contributed by atoms with van der Waals surface area (Å²) in [5.74, 6) is -0.637. The number of hydrogen-bond acceptors (Lipinski definition) is 6. The molecule has 22 heavy (non-hydrogen) atoms. The van der Waals surface area contributed by atoms with E-state index in [-0.39, 0.29) is 12.0 Å². The van der Waals surface area contributed by atoms with Gasteiger partial charge in [0.25, 0.3) is 0 Å². The number of allylic oxidation sites excluding steroid dienone is 1. The number of nitrogens with one attached hydrogen (secondary N) is 1. The third-order valence-electron chi connectivity index (χ3n) is 2.81. The smallest absolute Gasteiger partial charge is 0.334 e. The summed E-state index contributed by atoms with van der Waals surface area (Å²) in [6, 6.07) is 6.75. The van der Waals surface area contributed by atoms with Gasteiger partial charge in [-0.25, -0.2) is 4.79 Å². The normalized spacial score (nSPS) is 13.4.